The zero-order valence-corrected chi connectivity index (χ0v) is 13.8. The van der Waals surface area contributed by atoms with Gasteiger partial charge < -0.3 is 10.3 Å². The highest BCUT2D eigenvalue weighted by molar-refractivity contribution is 9.10. The second-order valence-corrected chi connectivity index (χ2v) is 6.18. The van der Waals surface area contributed by atoms with E-state index in [-0.39, 0.29) is 11.9 Å². The topological polar surface area (TPSA) is 48.0 Å². The average Bonchev–Trinajstić information content (AvgIpc) is 2.62. The lowest BCUT2D eigenvalue weighted by Gasteiger charge is -2.16. The molecule has 106 valence electrons. The van der Waals surface area contributed by atoms with Gasteiger partial charge in [0.2, 0.25) is 0 Å². The Morgan fingerprint density at radius 3 is 2.20 bits per heavy atom. The summed E-state index contributed by atoms with van der Waals surface area (Å²) in [6, 6.07) is 8.38. The van der Waals surface area contributed by atoms with Gasteiger partial charge in [-0.25, -0.2) is 0 Å². The molecule has 0 aliphatic heterocycles. The predicted molar refractivity (Wildman–Crippen MR) is 85.9 cm³/mol. The lowest BCUT2D eigenvalue weighted by Crippen LogP contribution is -2.14. The van der Waals surface area contributed by atoms with E-state index in [2.05, 4.69) is 46.5 Å². The molecule has 1 amide bonds. The molecule has 2 N–H and O–H groups in total. The fraction of sp³-hybridized carbons (Fsp3) is 0.312. The second-order valence-electron chi connectivity index (χ2n) is 5.27. The molecule has 1 heterocycles. The van der Waals surface area contributed by atoms with Gasteiger partial charge in [-0.15, -0.1) is 0 Å². The van der Waals surface area contributed by atoms with E-state index in [0.29, 0.717) is 5.56 Å². The quantitative estimate of drug-likeness (QED) is 0.897. The molecular formula is C16H19BrN2O. The third-order valence-corrected chi connectivity index (χ3v) is 4.10. The highest BCUT2D eigenvalue weighted by atomic mass is 79.9. The van der Waals surface area contributed by atoms with Crippen molar-refractivity contribution in [2.24, 2.45) is 5.73 Å². The fourth-order valence-corrected chi connectivity index (χ4v) is 3.09. The van der Waals surface area contributed by atoms with E-state index in [1.54, 1.807) is 0 Å². The molecule has 20 heavy (non-hydrogen) atoms. The molecule has 0 fully saturated rings. The number of carbonyl (C=O) groups is 1. The van der Waals surface area contributed by atoms with E-state index in [1.807, 2.05) is 26.0 Å². The molecule has 3 nitrogen and oxygen atoms in total. The summed E-state index contributed by atoms with van der Waals surface area (Å²) < 4.78 is 3.21. The first-order valence-corrected chi connectivity index (χ1v) is 7.41. The maximum absolute atomic E-state index is 11.7. The van der Waals surface area contributed by atoms with Crippen LogP contribution in [-0.4, -0.2) is 10.5 Å². The summed E-state index contributed by atoms with van der Waals surface area (Å²) in [4.78, 5) is 11.7. The third-order valence-electron chi connectivity index (χ3n) is 3.57. The van der Waals surface area contributed by atoms with Crippen molar-refractivity contribution in [3.05, 3.63) is 45.6 Å². The van der Waals surface area contributed by atoms with Crippen LogP contribution < -0.4 is 5.73 Å². The number of rotatable bonds is 3. The first kappa shape index (κ1) is 14.9. The van der Waals surface area contributed by atoms with Gasteiger partial charge in [-0.3, -0.25) is 4.79 Å². The van der Waals surface area contributed by atoms with Crippen LogP contribution in [-0.2, 0) is 0 Å². The predicted octanol–water partition coefficient (Wildman–Crippen LogP) is 4.21. The van der Waals surface area contributed by atoms with Gasteiger partial charge in [0.15, 0.2) is 0 Å². The molecule has 0 spiro atoms. The van der Waals surface area contributed by atoms with Gasteiger partial charge in [0.25, 0.3) is 5.91 Å². The number of amides is 1. The molecule has 1 aromatic heterocycles. The largest absolute Gasteiger partial charge is 0.366 e. The zero-order valence-electron chi connectivity index (χ0n) is 12.2. The second kappa shape index (κ2) is 5.44. The Hall–Kier alpha value is -1.55. The van der Waals surface area contributed by atoms with Gasteiger partial charge in [0.1, 0.15) is 0 Å². The number of primary amides is 1. The Kier molecular flexibility index (Phi) is 4.04. The molecule has 4 heteroatoms. The summed E-state index contributed by atoms with van der Waals surface area (Å²) in [5.41, 5.74) is 10.2. The first-order valence-electron chi connectivity index (χ1n) is 6.61. The molecule has 0 bridgehead atoms. The first-order chi connectivity index (χ1) is 9.34. The molecule has 2 aromatic rings. The number of nitrogens with two attached hydrogens (primary N) is 1. The lowest BCUT2D eigenvalue weighted by molar-refractivity contribution is 0.0999. The minimum Gasteiger partial charge on any atom is -0.366 e. The summed E-state index contributed by atoms with van der Waals surface area (Å²) in [6.45, 7) is 8.14. The maximum Gasteiger partial charge on any atom is 0.250 e. The summed E-state index contributed by atoms with van der Waals surface area (Å²) in [5.74, 6) is -0.363. The van der Waals surface area contributed by atoms with Crippen molar-refractivity contribution in [2.45, 2.75) is 33.7 Å². The van der Waals surface area contributed by atoms with Crippen molar-refractivity contribution in [3.8, 4) is 11.3 Å². The van der Waals surface area contributed by atoms with Crippen LogP contribution in [0, 0.1) is 13.8 Å². The molecule has 0 saturated heterocycles. The number of carbonyl (C=O) groups excluding carboxylic acids is 1. The highest BCUT2D eigenvalue weighted by Crippen LogP contribution is 2.34. The van der Waals surface area contributed by atoms with Crippen LogP contribution in [0.25, 0.3) is 11.3 Å². The lowest BCUT2D eigenvalue weighted by atomic mass is 10.0. The summed E-state index contributed by atoms with van der Waals surface area (Å²) >= 11 is 3.45. The minimum absolute atomic E-state index is 0.264. The van der Waals surface area contributed by atoms with Crippen LogP contribution in [0.4, 0.5) is 0 Å². The van der Waals surface area contributed by atoms with Crippen LogP contribution in [0.3, 0.4) is 0 Å². The summed E-state index contributed by atoms with van der Waals surface area (Å²) in [6.07, 6.45) is 0. The van der Waals surface area contributed by atoms with Crippen molar-refractivity contribution < 1.29 is 4.79 Å². The van der Waals surface area contributed by atoms with E-state index < -0.39 is 0 Å². The Morgan fingerprint density at radius 1 is 1.20 bits per heavy atom. The summed E-state index contributed by atoms with van der Waals surface area (Å²) in [7, 11) is 0. The van der Waals surface area contributed by atoms with E-state index in [1.165, 1.54) is 0 Å². The molecule has 0 aliphatic carbocycles. The van der Waals surface area contributed by atoms with Crippen molar-refractivity contribution >= 4 is 21.8 Å². The molecular weight excluding hydrogens is 316 g/mol. The molecule has 1 aromatic carbocycles. The zero-order chi connectivity index (χ0) is 15.0. The summed E-state index contributed by atoms with van der Waals surface area (Å²) in [5, 5.41) is 0. The van der Waals surface area contributed by atoms with Crippen molar-refractivity contribution in [1.29, 1.82) is 0 Å². The molecule has 2 rings (SSSR count). The van der Waals surface area contributed by atoms with Crippen LogP contribution in [0.15, 0.2) is 28.7 Å². The van der Waals surface area contributed by atoms with E-state index in [0.717, 1.165) is 27.0 Å². The minimum atomic E-state index is -0.363. The fourth-order valence-electron chi connectivity index (χ4n) is 2.83. The number of hydrogen-bond acceptors (Lipinski definition) is 1. The van der Waals surface area contributed by atoms with Gasteiger partial charge >= 0.3 is 0 Å². The molecule has 0 unspecified atom stereocenters. The number of benzene rings is 1. The van der Waals surface area contributed by atoms with Gasteiger partial charge in [0, 0.05) is 16.2 Å². The van der Waals surface area contributed by atoms with Crippen LogP contribution in [0.2, 0.25) is 0 Å². The molecule has 0 atom stereocenters. The standard InChI is InChI=1S/C16H19BrN2O/c1-9(2)19-11(4)14(16(18)20)10(3)15(19)12-5-7-13(17)8-6-12/h5-9H,1-4H3,(H2,18,20). The molecule has 0 saturated carbocycles. The molecule has 0 radical (unpaired) electrons. The SMILES string of the molecule is Cc1c(C(N)=O)c(C)n(C(C)C)c1-c1ccc(Br)cc1. The third kappa shape index (κ3) is 2.40. The number of halogens is 1. The van der Waals surface area contributed by atoms with E-state index >= 15 is 0 Å². The normalized spacial score (nSPS) is 11.1. The van der Waals surface area contributed by atoms with E-state index in [4.69, 9.17) is 5.73 Å². The number of hydrogen-bond donors (Lipinski definition) is 1. The van der Waals surface area contributed by atoms with Crippen LogP contribution in [0.1, 0.15) is 41.5 Å². The Morgan fingerprint density at radius 2 is 1.75 bits per heavy atom. The van der Waals surface area contributed by atoms with Gasteiger partial charge in [-0.2, -0.15) is 0 Å². The van der Waals surface area contributed by atoms with Gasteiger partial charge in [-0.05, 0) is 51.0 Å². The smallest absolute Gasteiger partial charge is 0.250 e. The Balaban J connectivity index is 2.77. The number of nitrogens with zero attached hydrogens (tertiary/aromatic N) is 1. The van der Waals surface area contributed by atoms with Crippen LogP contribution >= 0.6 is 15.9 Å². The maximum atomic E-state index is 11.7. The van der Waals surface area contributed by atoms with Gasteiger partial charge in [0.05, 0.1) is 11.3 Å². The monoisotopic (exact) mass is 334 g/mol. The van der Waals surface area contributed by atoms with Crippen molar-refractivity contribution in [3.63, 3.8) is 0 Å². The van der Waals surface area contributed by atoms with Crippen LogP contribution in [0.5, 0.6) is 0 Å². The number of aromatic nitrogens is 1. The molecule has 0 aliphatic rings. The van der Waals surface area contributed by atoms with Crippen molar-refractivity contribution in [1.82, 2.24) is 4.57 Å². The Labute approximate surface area is 127 Å². The highest BCUT2D eigenvalue weighted by Gasteiger charge is 2.22. The Bertz CT molecular complexity index is 654. The van der Waals surface area contributed by atoms with Crippen molar-refractivity contribution in [2.75, 3.05) is 0 Å². The van der Waals surface area contributed by atoms with E-state index in [9.17, 15) is 4.79 Å². The van der Waals surface area contributed by atoms with Gasteiger partial charge in [-0.1, -0.05) is 28.1 Å². The average molecular weight is 335 g/mol.